The van der Waals surface area contributed by atoms with E-state index in [0.717, 1.165) is 6.07 Å². The number of primary amides is 1. The fourth-order valence-electron chi connectivity index (χ4n) is 2.81. The zero-order chi connectivity index (χ0) is 17.7. The monoisotopic (exact) mass is 337 g/mol. The minimum atomic E-state index is -1.29. The lowest BCUT2D eigenvalue weighted by atomic mass is 9.95. The van der Waals surface area contributed by atoms with Crippen molar-refractivity contribution in [1.29, 1.82) is 0 Å². The van der Waals surface area contributed by atoms with Gasteiger partial charge in [0.25, 0.3) is 0 Å². The summed E-state index contributed by atoms with van der Waals surface area (Å²) >= 11 is 0. The van der Waals surface area contributed by atoms with Crippen LogP contribution in [0.25, 0.3) is 0 Å². The number of hydrogen-bond donors (Lipinski definition) is 3. The van der Waals surface area contributed by atoms with E-state index in [0.29, 0.717) is 25.9 Å². The van der Waals surface area contributed by atoms with Gasteiger partial charge in [-0.2, -0.15) is 0 Å². The Balaban J connectivity index is 1.97. The molecule has 0 saturated carbocycles. The Morgan fingerprint density at radius 1 is 1.33 bits per heavy atom. The molecular weight excluding hydrogens is 317 g/mol. The highest BCUT2D eigenvalue weighted by molar-refractivity contribution is 5.86. The van der Waals surface area contributed by atoms with Crippen molar-refractivity contribution < 1.29 is 23.9 Å². The number of carbonyl (C=O) groups is 3. The van der Waals surface area contributed by atoms with Crippen LogP contribution in [0.2, 0.25) is 0 Å². The van der Waals surface area contributed by atoms with E-state index >= 15 is 0 Å². The molecule has 1 aromatic rings. The molecule has 0 aliphatic carbocycles. The molecule has 1 atom stereocenters. The molecule has 0 bridgehead atoms. The van der Waals surface area contributed by atoms with Crippen LogP contribution >= 0.6 is 0 Å². The molecule has 1 heterocycles. The van der Waals surface area contributed by atoms with Crippen LogP contribution in [0.15, 0.2) is 24.3 Å². The van der Waals surface area contributed by atoms with Crippen molar-refractivity contribution in [2.75, 3.05) is 19.6 Å². The molecule has 8 heteroatoms. The molecule has 4 N–H and O–H groups in total. The van der Waals surface area contributed by atoms with Crippen LogP contribution in [0.4, 0.5) is 4.39 Å². The fraction of sp³-hybridized carbons (Fsp3) is 0.438. The van der Waals surface area contributed by atoms with Gasteiger partial charge in [0.05, 0.1) is 6.54 Å². The molecule has 1 aliphatic heterocycles. The van der Waals surface area contributed by atoms with Crippen molar-refractivity contribution in [3.63, 3.8) is 0 Å². The van der Waals surface area contributed by atoms with E-state index < -0.39 is 23.7 Å². The second-order valence-corrected chi connectivity index (χ2v) is 5.85. The number of amides is 2. The maximum atomic E-state index is 13.3. The summed E-state index contributed by atoms with van der Waals surface area (Å²) in [7, 11) is 0. The quantitative estimate of drug-likeness (QED) is 0.689. The van der Waals surface area contributed by atoms with Gasteiger partial charge >= 0.3 is 5.97 Å². The second-order valence-electron chi connectivity index (χ2n) is 5.85. The summed E-state index contributed by atoms with van der Waals surface area (Å²) in [5, 5.41) is 11.8. The van der Waals surface area contributed by atoms with Gasteiger partial charge in [-0.1, -0.05) is 12.1 Å². The SMILES string of the molecule is NC(=O)CN1CCC(C(=O)N[C@H](C(=O)O)c2cccc(F)c2)CC1. The fourth-order valence-corrected chi connectivity index (χ4v) is 2.81. The third kappa shape index (κ3) is 4.76. The number of carboxylic acid groups (broad SMARTS) is 1. The van der Waals surface area contributed by atoms with Crippen molar-refractivity contribution >= 4 is 17.8 Å². The minimum Gasteiger partial charge on any atom is -0.479 e. The molecule has 1 fully saturated rings. The van der Waals surface area contributed by atoms with Gasteiger partial charge in [-0.05, 0) is 43.6 Å². The number of aliphatic carboxylic acids is 1. The highest BCUT2D eigenvalue weighted by Crippen LogP contribution is 2.20. The van der Waals surface area contributed by atoms with Crippen LogP contribution in [-0.2, 0) is 14.4 Å². The summed E-state index contributed by atoms with van der Waals surface area (Å²) in [4.78, 5) is 36.5. The van der Waals surface area contributed by atoms with Crippen molar-refractivity contribution in [2.24, 2.45) is 11.7 Å². The molecule has 0 radical (unpaired) electrons. The molecule has 2 amide bonds. The van der Waals surface area contributed by atoms with Gasteiger partial charge in [0, 0.05) is 5.92 Å². The first-order valence-corrected chi connectivity index (χ1v) is 7.66. The smallest absolute Gasteiger partial charge is 0.330 e. The lowest BCUT2D eigenvalue weighted by Gasteiger charge is -2.30. The third-order valence-corrected chi connectivity index (χ3v) is 4.05. The Bertz CT molecular complexity index is 630. The first kappa shape index (κ1) is 17.9. The Labute approximate surface area is 138 Å². The molecule has 1 saturated heterocycles. The molecule has 7 nitrogen and oxygen atoms in total. The number of rotatable bonds is 6. The van der Waals surface area contributed by atoms with Gasteiger partial charge in [-0.3, -0.25) is 14.5 Å². The van der Waals surface area contributed by atoms with Gasteiger partial charge in [0.15, 0.2) is 6.04 Å². The molecule has 0 spiro atoms. The predicted octanol–water partition coefficient (Wildman–Crippen LogP) is 0.265. The van der Waals surface area contributed by atoms with E-state index in [-0.39, 0.29) is 23.9 Å². The molecule has 2 rings (SSSR count). The van der Waals surface area contributed by atoms with E-state index in [9.17, 15) is 23.9 Å². The topological polar surface area (TPSA) is 113 Å². The summed E-state index contributed by atoms with van der Waals surface area (Å²) in [5.41, 5.74) is 5.32. The summed E-state index contributed by atoms with van der Waals surface area (Å²) in [6, 6.07) is 3.86. The van der Waals surface area contributed by atoms with Crippen LogP contribution < -0.4 is 11.1 Å². The van der Waals surface area contributed by atoms with Crippen molar-refractivity contribution in [2.45, 2.75) is 18.9 Å². The molecular formula is C16H20FN3O4. The Hall–Kier alpha value is -2.48. The molecule has 24 heavy (non-hydrogen) atoms. The molecule has 130 valence electrons. The third-order valence-electron chi connectivity index (χ3n) is 4.05. The number of likely N-dealkylation sites (tertiary alicyclic amines) is 1. The number of nitrogens with one attached hydrogen (secondary N) is 1. The number of halogens is 1. The number of carbonyl (C=O) groups excluding carboxylic acids is 2. The number of hydrogen-bond acceptors (Lipinski definition) is 4. The molecule has 1 aromatic carbocycles. The lowest BCUT2D eigenvalue weighted by molar-refractivity contribution is -0.143. The van der Waals surface area contributed by atoms with Gasteiger partial charge in [-0.15, -0.1) is 0 Å². The molecule has 1 aliphatic rings. The van der Waals surface area contributed by atoms with E-state index in [2.05, 4.69) is 5.32 Å². The van der Waals surface area contributed by atoms with Crippen LogP contribution in [0, 0.1) is 11.7 Å². The molecule has 0 unspecified atom stereocenters. The number of benzene rings is 1. The van der Waals surface area contributed by atoms with Crippen molar-refractivity contribution in [3.8, 4) is 0 Å². The summed E-state index contributed by atoms with van der Waals surface area (Å²) in [6.45, 7) is 1.23. The lowest BCUT2D eigenvalue weighted by Crippen LogP contribution is -2.45. The highest BCUT2D eigenvalue weighted by atomic mass is 19.1. The Kier molecular flexibility index (Phi) is 5.86. The Morgan fingerprint density at radius 2 is 2.00 bits per heavy atom. The average Bonchev–Trinajstić information content (AvgIpc) is 2.52. The maximum absolute atomic E-state index is 13.3. The number of nitrogens with zero attached hydrogens (tertiary/aromatic N) is 1. The standard InChI is InChI=1S/C16H20FN3O4/c17-12-3-1-2-11(8-12)14(16(23)24)19-15(22)10-4-6-20(7-5-10)9-13(18)21/h1-3,8,10,14H,4-7,9H2,(H2,18,21)(H,19,22)(H,23,24)/t14-/m0/s1. The first-order valence-electron chi connectivity index (χ1n) is 7.66. The zero-order valence-corrected chi connectivity index (χ0v) is 13.1. The zero-order valence-electron chi connectivity index (χ0n) is 13.1. The summed E-state index contributed by atoms with van der Waals surface area (Å²) < 4.78 is 13.3. The van der Waals surface area contributed by atoms with Gasteiger partial charge in [0.2, 0.25) is 11.8 Å². The Morgan fingerprint density at radius 3 is 2.54 bits per heavy atom. The van der Waals surface area contributed by atoms with Crippen LogP contribution in [-0.4, -0.2) is 47.4 Å². The van der Waals surface area contributed by atoms with Gasteiger partial charge < -0.3 is 16.2 Å². The predicted molar refractivity (Wildman–Crippen MR) is 83.3 cm³/mol. The van der Waals surface area contributed by atoms with Crippen LogP contribution in [0.5, 0.6) is 0 Å². The van der Waals surface area contributed by atoms with Crippen molar-refractivity contribution in [1.82, 2.24) is 10.2 Å². The number of piperidine rings is 1. The minimum absolute atomic E-state index is 0.148. The van der Waals surface area contributed by atoms with Crippen LogP contribution in [0.3, 0.4) is 0 Å². The highest BCUT2D eigenvalue weighted by Gasteiger charge is 2.29. The van der Waals surface area contributed by atoms with Crippen LogP contribution in [0.1, 0.15) is 24.4 Å². The normalized spacial score (nSPS) is 17.2. The van der Waals surface area contributed by atoms with Crippen molar-refractivity contribution in [3.05, 3.63) is 35.6 Å². The number of carboxylic acids is 1. The van der Waals surface area contributed by atoms with E-state index in [1.54, 1.807) is 0 Å². The first-order chi connectivity index (χ1) is 11.4. The van der Waals surface area contributed by atoms with E-state index in [4.69, 9.17) is 5.73 Å². The maximum Gasteiger partial charge on any atom is 0.330 e. The van der Waals surface area contributed by atoms with Gasteiger partial charge in [0.1, 0.15) is 5.82 Å². The summed E-state index contributed by atoms with van der Waals surface area (Å²) in [5.74, 6) is -2.96. The number of nitrogens with two attached hydrogens (primary N) is 1. The largest absolute Gasteiger partial charge is 0.479 e. The average molecular weight is 337 g/mol. The van der Waals surface area contributed by atoms with E-state index in [1.165, 1.54) is 18.2 Å². The van der Waals surface area contributed by atoms with Gasteiger partial charge in [-0.25, -0.2) is 9.18 Å². The second kappa shape index (κ2) is 7.87. The summed E-state index contributed by atoms with van der Waals surface area (Å²) in [6.07, 6.45) is 1.02. The molecule has 0 aromatic heterocycles. The van der Waals surface area contributed by atoms with E-state index in [1.807, 2.05) is 4.90 Å².